The van der Waals surface area contributed by atoms with Crippen LogP contribution in [0.5, 0.6) is 0 Å². The van der Waals surface area contributed by atoms with Crippen molar-refractivity contribution in [2.24, 2.45) is 0 Å². The lowest BCUT2D eigenvalue weighted by molar-refractivity contribution is 0.0272. The van der Waals surface area contributed by atoms with Gasteiger partial charge in [-0.25, -0.2) is 4.98 Å². The molecular weight excluding hydrogens is 286 g/mol. The molecule has 1 atom stereocenters. The monoisotopic (exact) mass is 305 g/mol. The minimum absolute atomic E-state index is 0.00472. The molecule has 6 heteroatoms. The molecule has 2 aromatic heterocycles. The van der Waals surface area contributed by atoms with Crippen LogP contribution in [0.15, 0.2) is 12.1 Å². The number of carbonyl (C=O) groups excluding carboxylic acids is 1. The highest BCUT2D eigenvalue weighted by atomic mass is 32.1. The first-order valence-electron chi connectivity index (χ1n) is 7.08. The summed E-state index contributed by atoms with van der Waals surface area (Å²) in [5.74, 6) is -0.00472. The summed E-state index contributed by atoms with van der Waals surface area (Å²) in [6.45, 7) is 3.33. The molecule has 1 saturated heterocycles. The number of aryl methyl sites for hydroxylation is 1. The zero-order chi connectivity index (χ0) is 15.0. The molecule has 0 saturated carbocycles. The third kappa shape index (κ3) is 2.61. The first-order valence-corrected chi connectivity index (χ1v) is 7.89. The average molecular weight is 305 g/mol. The highest BCUT2D eigenvalue weighted by Gasteiger charge is 2.27. The molecule has 3 rings (SSSR count). The van der Waals surface area contributed by atoms with Crippen molar-refractivity contribution in [2.45, 2.75) is 25.9 Å². The number of nitrogens with two attached hydrogens (primary N) is 1. The van der Waals surface area contributed by atoms with Gasteiger partial charge in [0.2, 0.25) is 0 Å². The molecule has 21 heavy (non-hydrogen) atoms. The van der Waals surface area contributed by atoms with E-state index in [1.807, 2.05) is 24.0 Å². The van der Waals surface area contributed by atoms with Crippen LogP contribution in [-0.2, 0) is 4.74 Å². The SMILES string of the molecule is COC1CCCN(C(=O)c2sc3nc(C)ccc3c2N)C1. The molecule has 1 fully saturated rings. The Balaban J connectivity index is 1.92. The van der Waals surface area contributed by atoms with Crippen molar-refractivity contribution in [2.75, 3.05) is 25.9 Å². The fraction of sp³-hybridized carbons (Fsp3) is 0.467. The topological polar surface area (TPSA) is 68.5 Å². The number of aromatic nitrogens is 1. The van der Waals surface area contributed by atoms with Crippen molar-refractivity contribution >= 4 is 33.1 Å². The van der Waals surface area contributed by atoms with Crippen molar-refractivity contribution in [3.63, 3.8) is 0 Å². The van der Waals surface area contributed by atoms with E-state index in [1.165, 1.54) is 11.3 Å². The first kappa shape index (κ1) is 14.3. The molecule has 1 aliphatic heterocycles. The second-order valence-corrected chi connectivity index (χ2v) is 6.40. The molecule has 0 bridgehead atoms. The van der Waals surface area contributed by atoms with Gasteiger partial charge in [0.1, 0.15) is 9.71 Å². The zero-order valence-corrected chi connectivity index (χ0v) is 13.1. The van der Waals surface area contributed by atoms with Gasteiger partial charge < -0.3 is 15.4 Å². The number of likely N-dealkylation sites (tertiary alicyclic amines) is 1. The van der Waals surface area contributed by atoms with Gasteiger partial charge >= 0.3 is 0 Å². The van der Waals surface area contributed by atoms with E-state index in [0.717, 1.165) is 35.3 Å². The number of carbonyl (C=O) groups is 1. The fourth-order valence-corrected chi connectivity index (χ4v) is 3.81. The van der Waals surface area contributed by atoms with E-state index in [9.17, 15) is 4.79 Å². The van der Waals surface area contributed by atoms with Crippen LogP contribution in [0.3, 0.4) is 0 Å². The summed E-state index contributed by atoms with van der Waals surface area (Å²) in [5.41, 5.74) is 7.63. The third-order valence-electron chi connectivity index (χ3n) is 3.93. The van der Waals surface area contributed by atoms with Crippen LogP contribution in [0.4, 0.5) is 5.69 Å². The minimum Gasteiger partial charge on any atom is -0.397 e. The van der Waals surface area contributed by atoms with E-state index < -0.39 is 0 Å². The Morgan fingerprint density at radius 3 is 3.10 bits per heavy atom. The van der Waals surface area contributed by atoms with Gasteiger partial charge in [-0.1, -0.05) is 0 Å². The Bertz CT molecular complexity index is 683. The summed E-state index contributed by atoms with van der Waals surface area (Å²) in [5, 5.41) is 0.870. The van der Waals surface area contributed by atoms with Crippen LogP contribution in [0.2, 0.25) is 0 Å². The van der Waals surface area contributed by atoms with E-state index in [4.69, 9.17) is 10.5 Å². The maximum Gasteiger partial charge on any atom is 0.266 e. The maximum absolute atomic E-state index is 12.7. The summed E-state index contributed by atoms with van der Waals surface area (Å²) in [6.07, 6.45) is 2.09. The Morgan fingerprint density at radius 2 is 2.33 bits per heavy atom. The Kier molecular flexibility index (Phi) is 3.82. The highest BCUT2D eigenvalue weighted by molar-refractivity contribution is 7.21. The standard InChI is InChI=1S/C15H19N3O2S/c1-9-5-6-11-12(16)13(21-14(11)17-9)15(19)18-7-3-4-10(8-18)20-2/h5-6,10H,3-4,7-8,16H2,1-2H3. The molecule has 5 nitrogen and oxygen atoms in total. The predicted octanol–water partition coefficient (Wildman–Crippen LogP) is 2.44. The van der Waals surface area contributed by atoms with E-state index >= 15 is 0 Å². The third-order valence-corrected chi connectivity index (χ3v) is 5.03. The van der Waals surface area contributed by atoms with Gasteiger partial charge in [-0.05, 0) is 31.9 Å². The number of nitrogens with zero attached hydrogens (tertiary/aromatic N) is 2. The Hall–Kier alpha value is -1.66. The molecule has 0 aliphatic carbocycles. The van der Waals surface area contributed by atoms with Gasteiger partial charge in [0, 0.05) is 31.3 Å². The lowest BCUT2D eigenvalue weighted by Gasteiger charge is -2.31. The average Bonchev–Trinajstić information content (AvgIpc) is 2.83. The predicted molar refractivity (Wildman–Crippen MR) is 84.7 cm³/mol. The minimum atomic E-state index is -0.00472. The number of nitrogen functional groups attached to an aromatic ring is 1. The molecule has 112 valence electrons. The second kappa shape index (κ2) is 5.61. The van der Waals surface area contributed by atoms with E-state index in [1.54, 1.807) is 7.11 Å². The van der Waals surface area contributed by atoms with Crippen molar-refractivity contribution in [3.05, 3.63) is 22.7 Å². The van der Waals surface area contributed by atoms with Gasteiger partial charge in [-0.2, -0.15) is 0 Å². The molecule has 1 aliphatic rings. The molecular formula is C15H19N3O2S. The summed E-state index contributed by atoms with van der Waals surface area (Å²) in [6, 6.07) is 3.86. The van der Waals surface area contributed by atoms with Crippen LogP contribution in [-0.4, -0.2) is 42.1 Å². The number of amides is 1. The van der Waals surface area contributed by atoms with E-state index in [0.29, 0.717) is 17.1 Å². The van der Waals surface area contributed by atoms with Gasteiger partial charge in [-0.3, -0.25) is 4.79 Å². The lowest BCUT2D eigenvalue weighted by Crippen LogP contribution is -2.42. The molecule has 0 radical (unpaired) electrons. The number of thiophene rings is 1. The zero-order valence-electron chi connectivity index (χ0n) is 12.3. The van der Waals surface area contributed by atoms with Gasteiger partial charge in [-0.15, -0.1) is 11.3 Å². The number of pyridine rings is 1. The van der Waals surface area contributed by atoms with Crippen LogP contribution in [0, 0.1) is 6.92 Å². The van der Waals surface area contributed by atoms with Crippen LogP contribution in [0.1, 0.15) is 28.2 Å². The number of ether oxygens (including phenoxy) is 1. The van der Waals surface area contributed by atoms with Crippen LogP contribution >= 0.6 is 11.3 Å². The summed E-state index contributed by atoms with van der Waals surface area (Å²) in [7, 11) is 1.69. The molecule has 2 aromatic rings. The van der Waals surface area contributed by atoms with Gasteiger partial charge in [0.15, 0.2) is 0 Å². The second-order valence-electron chi connectivity index (χ2n) is 5.40. The van der Waals surface area contributed by atoms with Crippen molar-refractivity contribution in [1.29, 1.82) is 0 Å². The number of fused-ring (bicyclic) bond motifs is 1. The van der Waals surface area contributed by atoms with Gasteiger partial charge in [0.05, 0.1) is 11.8 Å². The quantitative estimate of drug-likeness (QED) is 0.925. The molecule has 3 heterocycles. The number of hydrogen-bond acceptors (Lipinski definition) is 5. The van der Waals surface area contributed by atoms with Crippen molar-refractivity contribution in [3.8, 4) is 0 Å². The summed E-state index contributed by atoms with van der Waals surface area (Å²) >= 11 is 1.38. The molecule has 1 amide bonds. The molecule has 2 N–H and O–H groups in total. The molecule has 0 aromatic carbocycles. The number of hydrogen-bond donors (Lipinski definition) is 1. The van der Waals surface area contributed by atoms with E-state index in [2.05, 4.69) is 4.98 Å². The van der Waals surface area contributed by atoms with Crippen molar-refractivity contribution < 1.29 is 9.53 Å². The summed E-state index contributed by atoms with van der Waals surface area (Å²) < 4.78 is 5.38. The molecule has 0 spiro atoms. The lowest BCUT2D eigenvalue weighted by atomic mass is 10.1. The number of rotatable bonds is 2. The van der Waals surface area contributed by atoms with Crippen LogP contribution < -0.4 is 5.73 Å². The Morgan fingerprint density at radius 1 is 1.52 bits per heavy atom. The fourth-order valence-electron chi connectivity index (χ4n) is 2.71. The van der Waals surface area contributed by atoms with E-state index in [-0.39, 0.29) is 12.0 Å². The van der Waals surface area contributed by atoms with Gasteiger partial charge in [0.25, 0.3) is 5.91 Å². The smallest absolute Gasteiger partial charge is 0.266 e. The number of anilines is 1. The van der Waals surface area contributed by atoms with Crippen LogP contribution in [0.25, 0.3) is 10.2 Å². The Labute approximate surface area is 127 Å². The normalized spacial score (nSPS) is 19.1. The number of piperidine rings is 1. The maximum atomic E-state index is 12.7. The molecule has 1 unspecified atom stereocenters. The highest BCUT2D eigenvalue weighted by Crippen LogP contribution is 2.33. The van der Waals surface area contributed by atoms with Crippen molar-refractivity contribution in [1.82, 2.24) is 9.88 Å². The first-order chi connectivity index (χ1) is 10.1. The summed E-state index contributed by atoms with van der Waals surface area (Å²) in [4.78, 5) is 20.4. The largest absolute Gasteiger partial charge is 0.397 e. The number of methoxy groups -OCH3 is 1.